The molecule has 0 bridgehead atoms. The first kappa shape index (κ1) is 15.4. The summed E-state index contributed by atoms with van der Waals surface area (Å²) in [6.45, 7) is 7.76. The van der Waals surface area contributed by atoms with Crippen LogP contribution < -0.4 is 0 Å². The largest absolute Gasteiger partial charge is 0.341 e. The van der Waals surface area contributed by atoms with Gasteiger partial charge in [-0.05, 0) is 26.8 Å². The van der Waals surface area contributed by atoms with E-state index in [4.69, 9.17) is 0 Å². The van der Waals surface area contributed by atoms with Crippen LogP contribution in [0.2, 0.25) is 0 Å². The lowest BCUT2D eigenvalue weighted by atomic mass is 9.95. The fourth-order valence-corrected chi connectivity index (χ4v) is 3.41. The molecule has 0 aromatic carbocycles. The summed E-state index contributed by atoms with van der Waals surface area (Å²) in [5.41, 5.74) is 0. The van der Waals surface area contributed by atoms with Crippen LogP contribution in [0.4, 0.5) is 0 Å². The Hall–Kier alpha value is -1.47. The highest BCUT2D eigenvalue weighted by Gasteiger charge is 2.31. The van der Waals surface area contributed by atoms with E-state index in [0.717, 1.165) is 57.9 Å². The Morgan fingerprint density at radius 3 is 2.50 bits per heavy atom. The predicted molar refractivity (Wildman–Crippen MR) is 83.5 cm³/mol. The zero-order chi connectivity index (χ0) is 15.5. The summed E-state index contributed by atoms with van der Waals surface area (Å²) in [5.74, 6) is 1.64. The summed E-state index contributed by atoms with van der Waals surface area (Å²) in [7, 11) is 2.14. The van der Waals surface area contributed by atoms with Gasteiger partial charge in [0.25, 0.3) is 0 Å². The number of hydrogen-bond donors (Lipinski definition) is 1. The summed E-state index contributed by atoms with van der Waals surface area (Å²) in [4.78, 5) is 23.6. The van der Waals surface area contributed by atoms with Crippen molar-refractivity contribution in [1.82, 2.24) is 29.9 Å². The molecule has 0 spiro atoms. The average Bonchev–Trinajstić information content (AvgIpc) is 3.09. The third kappa shape index (κ3) is 3.30. The van der Waals surface area contributed by atoms with Crippen molar-refractivity contribution < 1.29 is 4.79 Å². The van der Waals surface area contributed by atoms with E-state index in [1.165, 1.54) is 0 Å². The molecular weight excluding hydrogens is 280 g/mol. The first-order valence-corrected chi connectivity index (χ1v) is 8.22. The highest BCUT2D eigenvalue weighted by Crippen LogP contribution is 2.25. The molecule has 1 N–H and O–H groups in total. The van der Waals surface area contributed by atoms with Crippen molar-refractivity contribution in [3.63, 3.8) is 0 Å². The Bertz CT molecular complexity index is 474. The number of piperidine rings is 1. The number of piperazine rings is 1. The van der Waals surface area contributed by atoms with Crippen molar-refractivity contribution >= 4 is 5.91 Å². The number of likely N-dealkylation sites (N-methyl/N-ethyl adjacent to an activating group) is 1. The molecule has 2 fully saturated rings. The van der Waals surface area contributed by atoms with Crippen LogP contribution in [0, 0.1) is 0 Å². The molecule has 1 aromatic rings. The minimum atomic E-state index is -0.00414. The van der Waals surface area contributed by atoms with Gasteiger partial charge in [0, 0.05) is 45.2 Å². The number of carbonyl (C=O) groups excluding carboxylic acids is 1. The molecule has 122 valence electrons. The molecule has 1 atom stereocenters. The molecule has 7 nitrogen and oxygen atoms in total. The maximum Gasteiger partial charge on any atom is 0.239 e. The lowest BCUT2D eigenvalue weighted by molar-refractivity contribution is -0.138. The molecule has 1 aromatic heterocycles. The summed E-state index contributed by atoms with van der Waals surface area (Å²) < 4.78 is 0. The molecular formula is C15H26N6O. The van der Waals surface area contributed by atoms with Gasteiger partial charge in [0.15, 0.2) is 0 Å². The van der Waals surface area contributed by atoms with Crippen molar-refractivity contribution in [1.29, 1.82) is 0 Å². The van der Waals surface area contributed by atoms with Crippen molar-refractivity contribution in [2.75, 3.05) is 46.3 Å². The number of nitrogens with one attached hydrogen (secondary N) is 1. The summed E-state index contributed by atoms with van der Waals surface area (Å²) in [6, 6.07) is -0.00414. The molecule has 1 unspecified atom stereocenters. The van der Waals surface area contributed by atoms with E-state index in [1.807, 2.05) is 4.90 Å². The van der Waals surface area contributed by atoms with Gasteiger partial charge in [0.2, 0.25) is 5.91 Å². The molecule has 3 heterocycles. The van der Waals surface area contributed by atoms with Gasteiger partial charge in [-0.15, -0.1) is 0 Å². The Balaban J connectivity index is 1.51. The minimum Gasteiger partial charge on any atom is -0.341 e. The summed E-state index contributed by atoms with van der Waals surface area (Å²) in [5, 5.41) is 6.87. The van der Waals surface area contributed by atoms with E-state index in [2.05, 4.69) is 39.0 Å². The molecule has 22 heavy (non-hydrogen) atoms. The van der Waals surface area contributed by atoms with Crippen molar-refractivity contribution in [2.45, 2.75) is 31.7 Å². The van der Waals surface area contributed by atoms with Gasteiger partial charge in [-0.2, -0.15) is 5.10 Å². The first-order valence-electron chi connectivity index (χ1n) is 8.22. The lowest BCUT2D eigenvalue weighted by Gasteiger charge is -2.39. The summed E-state index contributed by atoms with van der Waals surface area (Å²) in [6.07, 6.45) is 3.50. The molecule has 0 saturated carbocycles. The van der Waals surface area contributed by atoms with Crippen molar-refractivity contribution in [3.8, 4) is 0 Å². The van der Waals surface area contributed by atoms with Gasteiger partial charge in [-0.25, -0.2) is 4.98 Å². The van der Waals surface area contributed by atoms with E-state index in [0.29, 0.717) is 5.92 Å². The standard InChI is InChI=1S/C15H26N6O/c1-12(20-9-7-19(2)8-10-20)15(22)21-5-3-13(4-6-21)14-16-11-17-18-14/h11-13H,3-10H2,1-2H3,(H,16,17,18). The number of carbonyl (C=O) groups is 1. The van der Waals surface area contributed by atoms with E-state index in [-0.39, 0.29) is 11.9 Å². The third-order valence-corrected chi connectivity index (χ3v) is 5.07. The SMILES string of the molecule is CC(C(=O)N1CCC(c2ncn[nH]2)CC1)N1CCN(C)CC1. The molecule has 3 rings (SSSR count). The normalized spacial score (nSPS) is 23.6. The Morgan fingerprint density at radius 2 is 1.91 bits per heavy atom. The minimum absolute atomic E-state index is 0.00414. The zero-order valence-corrected chi connectivity index (χ0v) is 13.5. The van der Waals surface area contributed by atoms with Crippen LogP contribution in [-0.4, -0.2) is 88.1 Å². The van der Waals surface area contributed by atoms with E-state index < -0.39 is 0 Å². The predicted octanol–water partition coefficient (Wildman–Crippen LogP) is 0.147. The fourth-order valence-electron chi connectivity index (χ4n) is 3.41. The van der Waals surface area contributed by atoms with Gasteiger partial charge in [0.05, 0.1) is 6.04 Å². The number of nitrogens with zero attached hydrogens (tertiary/aromatic N) is 5. The first-order chi connectivity index (χ1) is 10.6. The number of hydrogen-bond acceptors (Lipinski definition) is 5. The number of aromatic nitrogens is 3. The van der Waals surface area contributed by atoms with Crippen LogP contribution in [0.3, 0.4) is 0 Å². The zero-order valence-electron chi connectivity index (χ0n) is 13.5. The maximum atomic E-state index is 12.7. The Kier molecular flexibility index (Phi) is 4.73. The van der Waals surface area contributed by atoms with Gasteiger partial charge < -0.3 is 9.80 Å². The number of H-pyrrole nitrogens is 1. The van der Waals surface area contributed by atoms with E-state index in [9.17, 15) is 4.79 Å². The van der Waals surface area contributed by atoms with Gasteiger partial charge in [0.1, 0.15) is 12.2 Å². The Morgan fingerprint density at radius 1 is 1.23 bits per heavy atom. The second kappa shape index (κ2) is 6.75. The highest BCUT2D eigenvalue weighted by molar-refractivity contribution is 5.81. The average molecular weight is 306 g/mol. The number of amides is 1. The molecule has 0 aliphatic carbocycles. The maximum absolute atomic E-state index is 12.7. The van der Waals surface area contributed by atoms with Gasteiger partial charge in [-0.1, -0.05) is 0 Å². The van der Waals surface area contributed by atoms with E-state index >= 15 is 0 Å². The molecule has 0 radical (unpaired) electrons. The molecule has 2 saturated heterocycles. The number of aromatic amines is 1. The molecule has 2 aliphatic rings. The monoisotopic (exact) mass is 306 g/mol. The molecule has 1 amide bonds. The van der Waals surface area contributed by atoms with Crippen LogP contribution in [0.25, 0.3) is 0 Å². The van der Waals surface area contributed by atoms with Crippen LogP contribution in [0.5, 0.6) is 0 Å². The molecule has 7 heteroatoms. The highest BCUT2D eigenvalue weighted by atomic mass is 16.2. The third-order valence-electron chi connectivity index (χ3n) is 5.07. The van der Waals surface area contributed by atoms with E-state index in [1.54, 1.807) is 6.33 Å². The topological polar surface area (TPSA) is 68.4 Å². The van der Waals surface area contributed by atoms with Crippen LogP contribution in [-0.2, 0) is 4.79 Å². The van der Waals surface area contributed by atoms with Gasteiger partial charge >= 0.3 is 0 Å². The molecule has 2 aliphatic heterocycles. The fraction of sp³-hybridized carbons (Fsp3) is 0.800. The number of rotatable bonds is 3. The second-order valence-electron chi connectivity index (χ2n) is 6.49. The van der Waals surface area contributed by atoms with Crippen LogP contribution in [0.15, 0.2) is 6.33 Å². The van der Waals surface area contributed by atoms with Crippen LogP contribution in [0.1, 0.15) is 31.5 Å². The van der Waals surface area contributed by atoms with Crippen LogP contribution >= 0.6 is 0 Å². The van der Waals surface area contributed by atoms with Crippen molar-refractivity contribution in [2.24, 2.45) is 0 Å². The lowest BCUT2D eigenvalue weighted by Crippen LogP contribution is -2.54. The smallest absolute Gasteiger partial charge is 0.239 e. The number of likely N-dealkylation sites (tertiary alicyclic amines) is 1. The quantitative estimate of drug-likeness (QED) is 0.861. The van der Waals surface area contributed by atoms with Crippen molar-refractivity contribution in [3.05, 3.63) is 12.2 Å². The Labute approximate surface area is 131 Å². The second-order valence-corrected chi connectivity index (χ2v) is 6.49. The summed E-state index contributed by atoms with van der Waals surface area (Å²) >= 11 is 0. The van der Waals surface area contributed by atoms with Gasteiger partial charge in [-0.3, -0.25) is 14.8 Å².